The highest BCUT2D eigenvalue weighted by Gasteiger charge is 2.12. The van der Waals surface area contributed by atoms with Gasteiger partial charge < -0.3 is 14.9 Å². The fourth-order valence-corrected chi connectivity index (χ4v) is 1.66. The molecule has 0 aliphatic carbocycles. The van der Waals surface area contributed by atoms with Gasteiger partial charge >= 0.3 is 0 Å². The first-order valence-electron chi connectivity index (χ1n) is 5.16. The van der Waals surface area contributed by atoms with Crippen LogP contribution in [0.1, 0.15) is 22.9 Å². The summed E-state index contributed by atoms with van der Waals surface area (Å²) in [4.78, 5) is 0. The summed E-state index contributed by atoms with van der Waals surface area (Å²) in [5.74, 6) is 1.60. The van der Waals surface area contributed by atoms with Crippen molar-refractivity contribution in [2.45, 2.75) is 13.0 Å². The number of benzene rings is 1. The van der Waals surface area contributed by atoms with E-state index in [1.165, 1.54) is 0 Å². The number of methoxy groups -OCH3 is 1. The second kappa shape index (κ2) is 4.41. The van der Waals surface area contributed by atoms with Crippen LogP contribution in [0.3, 0.4) is 0 Å². The van der Waals surface area contributed by atoms with Crippen LogP contribution >= 0.6 is 0 Å². The molecule has 1 heterocycles. The first-order valence-corrected chi connectivity index (χ1v) is 5.16. The summed E-state index contributed by atoms with van der Waals surface area (Å²) >= 11 is 0. The van der Waals surface area contributed by atoms with E-state index in [9.17, 15) is 0 Å². The van der Waals surface area contributed by atoms with Crippen LogP contribution in [0.25, 0.3) is 0 Å². The predicted octanol–water partition coefficient (Wildman–Crippen LogP) is 2.64. The van der Waals surface area contributed by atoms with E-state index in [2.05, 4.69) is 0 Å². The fourth-order valence-electron chi connectivity index (χ4n) is 1.66. The summed E-state index contributed by atoms with van der Waals surface area (Å²) < 4.78 is 10.6. The van der Waals surface area contributed by atoms with Crippen LogP contribution in [-0.2, 0) is 0 Å². The number of nitrogens with two attached hydrogens (primary N) is 1. The van der Waals surface area contributed by atoms with E-state index in [0.717, 1.165) is 22.6 Å². The summed E-state index contributed by atoms with van der Waals surface area (Å²) in [5, 5.41) is 0. The molecule has 3 nitrogen and oxygen atoms in total. The Morgan fingerprint density at radius 3 is 2.75 bits per heavy atom. The number of aryl methyl sites for hydroxylation is 1. The van der Waals surface area contributed by atoms with Crippen molar-refractivity contribution in [2.24, 2.45) is 5.73 Å². The molecule has 2 N–H and O–H groups in total. The van der Waals surface area contributed by atoms with E-state index in [0.29, 0.717) is 0 Å². The van der Waals surface area contributed by atoms with Gasteiger partial charge in [0.1, 0.15) is 11.5 Å². The third kappa shape index (κ3) is 1.95. The van der Waals surface area contributed by atoms with Crippen LogP contribution in [0.2, 0.25) is 0 Å². The molecule has 1 aromatic heterocycles. The predicted molar refractivity (Wildman–Crippen MR) is 62.5 cm³/mol. The van der Waals surface area contributed by atoms with Gasteiger partial charge in [-0.05, 0) is 36.2 Å². The minimum atomic E-state index is -0.246. The summed E-state index contributed by atoms with van der Waals surface area (Å²) in [5.41, 5.74) is 8.16. The number of furan rings is 1. The van der Waals surface area contributed by atoms with Gasteiger partial charge in [-0.1, -0.05) is 12.1 Å². The normalized spacial score (nSPS) is 12.4. The van der Waals surface area contributed by atoms with Crippen LogP contribution in [0.4, 0.5) is 0 Å². The highest BCUT2D eigenvalue weighted by molar-refractivity contribution is 5.39. The van der Waals surface area contributed by atoms with Crippen molar-refractivity contribution >= 4 is 0 Å². The zero-order valence-corrected chi connectivity index (χ0v) is 9.44. The molecule has 0 saturated heterocycles. The third-order valence-corrected chi connectivity index (χ3v) is 2.64. The topological polar surface area (TPSA) is 48.4 Å². The summed E-state index contributed by atoms with van der Waals surface area (Å²) in [7, 11) is 1.66. The quantitative estimate of drug-likeness (QED) is 0.859. The lowest BCUT2D eigenvalue weighted by Crippen LogP contribution is -2.11. The van der Waals surface area contributed by atoms with Gasteiger partial charge in [0.05, 0.1) is 19.4 Å². The van der Waals surface area contributed by atoms with Crippen molar-refractivity contribution in [3.63, 3.8) is 0 Å². The first kappa shape index (κ1) is 10.8. The smallest absolute Gasteiger partial charge is 0.124 e. The summed E-state index contributed by atoms with van der Waals surface area (Å²) in [6.45, 7) is 2.00. The van der Waals surface area contributed by atoms with E-state index in [1.54, 1.807) is 13.4 Å². The monoisotopic (exact) mass is 217 g/mol. The zero-order chi connectivity index (χ0) is 11.5. The molecule has 1 unspecified atom stereocenters. The van der Waals surface area contributed by atoms with E-state index < -0.39 is 0 Å². The Kier molecular flexibility index (Phi) is 2.97. The Labute approximate surface area is 94.8 Å². The standard InChI is InChI=1S/C13H15NO2/c1-9-5-6-10(8-12(9)15-2)13(14)11-4-3-7-16-11/h3-8,13H,14H2,1-2H3. The molecular weight excluding hydrogens is 202 g/mol. The largest absolute Gasteiger partial charge is 0.496 e. The molecule has 1 atom stereocenters. The van der Waals surface area contributed by atoms with E-state index in [4.69, 9.17) is 14.9 Å². The van der Waals surface area contributed by atoms with Crippen molar-refractivity contribution in [1.29, 1.82) is 0 Å². The van der Waals surface area contributed by atoms with Crippen molar-refractivity contribution in [3.05, 3.63) is 53.5 Å². The first-order chi connectivity index (χ1) is 7.72. The molecule has 2 rings (SSSR count). The van der Waals surface area contributed by atoms with Gasteiger partial charge in [-0.15, -0.1) is 0 Å². The van der Waals surface area contributed by atoms with Crippen molar-refractivity contribution in [2.75, 3.05) is 7.11 Å². The van der Waals surface area contributed by atoms with Gasteiger partial charge in [0.2, 0.25) is 0 Å². The van der Waals surface area contributed by atoms with Crippen molar-refractivity contribution in [3.8, 4) is 5.75 Å². The summed E-state index contributed by atoms with van der Waals surface area (Å²) in [6.07, 6.45) is 1.63. The molecule has 1 aromatic carbocycles. The fraction of sp³-hybridized carbons (Fsp3) is 0.231. The molecule has 0 saturated carbocycles. The average Bonchev–Trinajstić information content (AvgIpc) is 2.82. The van der Waals surface area contributed by atoms with Crippen LogP contribution in [0, 0.1) is 6.92 Å². The molecular formula is C13H15NO2. The van der Waals surface area contributed by atoms with E-state index in [-0.39, 0.29) is 6.04 Å². The Bertz CT molecular complexity index is 463. The lowest BCUT2D eigenvalue weighted by molar-refractivity contribution is 0.410. The lowest BCUT2D eigenvalue weighted by Gasteiger charge is -2.12. The molecule has 3 heteroatoms. The molecule has 84 valence electrons. The maximum absolute atomic E-state index is 6.09. The second-order valence-corrected chi connectivity index (χ2v) is 3.72. The van der Waals surface area contributed by atoms with Gasteiger partial charge in [0.15, 0.2) is 0 Å². The Balaban J connectivity index is 2.34. The van der Waals surface area contributed by atoms with Gasteiger partial charge in [-0.25, -0.2) is 0 Å². The highest BCUT2D eigenvalue weighted by Crippen LogP contribution is 2.25. The zero-order valence-electron chi connectivity index (χ0n) is 9.44. The SMILES string of the molecule is COc1cc(C(N)c2ccco2)ccc1C. The van der Waals surface area contributed by atoms with Crippen LogP contribution in [-0.4, -0.2) is 7.11 Å². The maximum atomic E-state index is 6.09. The number of ether oxygens (including phenoxy) is 1. The molecule has 16 heavy (non-hydrogen) atoms. The Morgan fingerprint density at radius 1 is 1.31 bits per heavy atom. The minimum absolute atomic E-state index is 0.246. The Morgan fingerprint density at radius 2 is 2.12 bits per heavy atom. The van der Waals surface area contributed by atoms with Gasteiger partial charge in [-0.2, -0.15) is 0 Å². The van der Waals surface area contributed by atoms with Crippen LogP contribution in [0.15, 0.2) is 41.0 Å². The number of hydrogen-bond acceptors (Lipinski definition) is 3. The molecule has 0 spiro atoms. The van der Waals surface area contributed by atoms with Crippen molar-refractivity contribution < 1.29 is 9.15 Å². The number of hydrogen-bond donors (Lipinski definition) is 1. The Hall–Kier alpha value is -1.74. The molecule has 0 aliphatic heterocycles. The van der Waals surface area contributed by atoms with Crippen LogP contribution in [0.5, 0.6) is 5.75 Å². The van der Waals surface area contributed by atoms with Gasteiger partial charge in [0, 0.05) is 0 Å². The molecule has 0 aliphatic rings. The van der Waals surface area contributed by atoms with Crippen LogP contribution < -0.4 is 10.5 Å². The molecule has 2 aromatic rings. The molecule has 0 amide bonds. The molecule has 0 bridgehead atoms. The molecule has 0 radical (unpaired) electrons. The van der Waals surface area contributed by atoms with Crippen molar-refractivity contribution in [1.82, 2.24) is 0 Å². The average molecular weight is 217 g/mol. The third-order valence-electron chi connectivity index (χ3n) is 2.64. The van der Waals surface area contributed by atoms with E-state index in [1.807, 2.05) is 37.3 Å². The van der Waals surface area contributed by atoms with E-state index >= 15 is 0 Å². The minimum Gasteiger partial charge on any atom is -0.496 e. The maximum Gasteiger partial charge on any atom is 0.124 e. The summed E-state index contributed by atoms with van der Waals surface area (Å²) in [6, 6.07) is 9.40. The van der Waals surface area contributed by atoms with Gasteiger partial charge in [-0.3, -0.25) is 0 Å². The van der Waals surface area contributed by atoms with Gasteiger partial charge in [0.25, 0.3) is 0 Å². The molecule has 0 fully saturated rings. The number of rotatable bonds is 3. The second-order valence-electron chi connectivity index (χ2n) is 3.72. The lowest BCUT2D eigenvalue weighted by atomic mass is 10.0. The highest BCUT2D eigenvalue weighted by atomic mass is 16.5.